The smallest absolute Gasteiger partial charge is 0.256 e. The van der Waals surface area contributed by atoms with Crippen LogP contribution in [0.2, 0.25) is 0 Å². The van der Waals surface area contributed by atoms with Crippen LogP contribution in [0.4, 0.5) is 0 Å². The summed E-state index contributed by atoms with van der Waals surface area (Å²) in [5.41, 5.74) is 3.29. The molecule has 0 radical (unpaired) electrons. The first-order chi connectivity index (χ1) is 13.7. The van der Waals surface area contributed by atoms with E-state index in [1.165, 1.54) is 0 Å². The van der Waals surface area contributed by atoms with E-state index in [-0.39, 0.29) is 11.8 Å². The first-order valence-electron chi connectivity index (χ1n) is 9.43. The number of para-hydroxylation sites is 2. The molecule has 1 aliphatic heterocycles. The average Bonchev–Trinajstić information content (AvgIpc) is 3.37. The van der Waals surface area contributed by atoms with Gasteiger partial charge in [-0.15, -0.1) is 0 Å². The number of carbonyl (C=O) groups excluding carboxylic acids is 2. The molecule has 2 N–H and O–H groups in total. The number of rotatable bonds is 2. The molecule has 2 aromatic heterocycles. The van der Waals surface area contributed by atoms with E-state index in [9.17, 15) is 9.59 Å². The van der Waals surface area contributed by atoms with E-state index in [0.717, 1.165) is 21.8 Å². The van der Waals surface area contributed by atoms with Gasteiger partial charge in [0.05, 0.1) is 11.1 Å². The molecule has 3 heterocycles. The van der Waals surface area contributed by atoms with Crippen molar-refractivity contribution in [2.45, 2.75) is 0 Å². The van der Waals surface area contributed by atoms with Gasteiger partial charge >= 0.3 is 0 Å². The summed E-state index contributed by atoms with van der Waals surface area (Å²) in [6.07, 6.45) is 3.55. The molecule has 1 aliphatic rings. The topological polar surface area (TPSA) is 72.2 Å². The van der Waals surface area contributed by atoms with Crippen molar-refractivity contribution in [1.82, 2.24) is 19.8 Å². The van der Waals surface area contributed by atoms with Gasteiger partial charge in [-0.3, -0.25) is 9.59 Å². The van der Waals surface area contributed by atoms with Crippen molar-refractivity contribution in [1.29, 1.82) is 0 Å². The Labute approximate surface area is 161 Å². The maximum absolute atomic E-state index is 13.0. The summed E-state index contributed by atoms with van der Waals surface area (Å²) in [6.45, 7) is 2.14. The van der Waals surface area contributed by atoms with Crippen LogP contribution < -0.4 is 0 Å². The molecule has 6 heteroatoms. The number of nitrogens with one attached hydrogen (secondary N) is 2. The van der Waals surface area contributed by atoms with Crippen LogP contribution in [0.25, 0.3) is 21.8 Å². The predicted octanol–water partition coefficient (Wildman–Crippen LogP) is 3.25. The molecule has 0 bridgehead atoms. The highest BCUT2D eigenvalue weighted by atomic mass is 16.2. The second-order valence-corrected chi connectivity index (χ2v) is 7.08. The van der Waals surface area contributed by atoms with Crippen LogP contribution in [0.1, 0.15) is 20.7 Å². The zero-order valence-corrected chi connectivity index (χ0v) is 15.3. The third kappa shape index (κ3) is 2.65. The van der Waals surface area contributed by atoms with Crippen molar-refractivity contribution in [3.05, 3.63) is 72.1 Å². The highest BCUT2D eigenvalue weighted by molar-refractivity contribution is 6.08. The summed E-state index contributed by atoms with van der Waals surface area (Å²) in [7, 11) is 0. The van der Waals surface area contributed by atoms with Gasteiger partial charge in [-0.1, -0.05) is 36.4 Å². The second-order valence-electron chi connectivity index (χ2n) is 7.08. The fourth-order valence-corrected chi connectivity index (χ4v) is 3.95. The minimum Gasteiger partial charge on any atom is -0.360 e. The molecule has 4 aromatic rings. The highest BCUT2D eigenvalue weighted by Gasteiger charge is 2.27. The highest BCUT2D eigenvalue weighted by Crippen LogP contribution is 2.22. The molecule has 2 aromatic carbocycles. The van der Waals surface area contributed by atoms with Crippen LogP contribution in [0.3, 0.4) is 0 Å². The van der Waals surface area contributed by atoms with E-state index in [4.69, 9.17) is 0 Å². The zero-order valence-electron chi connectivity index (χ0n) is 15.3. The molecule has 0 spiro atoms. The Balaban J connectivity index is 1.31. The largest absolute Gasteiger partial charge is 0.360 e. The Kier molecular flexibility index (Phi) is 3.90. The van der Waals surface area contributed by atoms with Gasteiger partial charge in [0.2, 0.25) is 0 Å². The second kappa shape index (κ2) is 6.56. The summed E-state index contributed by atoms with van der Waals surface area (Å²) in [4.78, 5) is 35.9. The van der Waals surface area contributed by atoms with Gasteiger partial charge in [0.1, 0.15) is 0 Å². The summed E-state index contributed by atoms with van der Waals surface area (Å²) in [6, 6.07) is 15.6. The maximum atomic E-state index is 13.0. The Morgan fingerprint density at radius 2 is 1.04 bits per heavy atom. The van der Waals surface area contributed by atoms with Crippen molar-refractivity contribution in [3.63, 3.8) is 0 Å². The number of nitrogens with zero attached hydrogens (tertiary/aromatic N) is 2. The average molecular weight is 372 g/mol. The molecule has 0 saturated carbocycles. The lowest BCUT2D eigenvalue weighted by molar-refractivity contribution is 0.0537. The Hall–Kier alpha value is -3.54. The third-order valence-electron chi connectivity index (χ3n) is 5.49. The molecular weight excluding hydrogens is 352 g/mol. The van der Waals surface area contributed by atoms with Crippen LogP contribution >= 0.6 is 0 Å². The molecule has 1 fully saturated rings. The van der Waals surface area contributed by atoms with Crippen molar-refractivity contribution >= 4 is 33.6 Å². The van der Waals surface area contributed by atoms with Gasteiger partial charge in [-0.05, 0) is 12.1 Å². The molecule has 2 amide bonds. The number of benzene rings is 2. The summed E-state index contributed by atoms with van der Waals surface area (Å²) in [5.74, 6) is 0.0216. The summed E-state index contributed by atoms with van der Waals surface area (Å²) in [5, 5.41) is 1.87. The number of hydrogen-bond acceptors (Lipinski definition) is 2. The van der Waals surface area contributed by atoms with Gasteiger partial charge in [0.25, 0.3) is 11.8 Å². The number of H-pyrrole nitrogens is 2. The monoisotopic (exact) mass is 372 g/mol. The molecule has 28 heavy (non-hydrogen) atoms. The van der Waals surface area contributed by atoms with Gasteiger partial charge in [0, 0.05) is 60.4 Å². The number of carbonyl (C=O) groups is 2. The molecule has 1 saturated heterocycles. The van der Waals surface area contributed by atoms with E-state index in [2.05, 4.69) is 9.97 Å². The Morgan fingerprint density at radius 1 is 0.643 bits per heavy atom. The van der Waals surface area contributed by atoms with E-state index in [0.29, 0.717) is 37.3 Å². The molecule has 6 nitrogen and oxygen atoms in total. The quantitative estimate of drug-likeness (QED) is 0.567. The van der Waals surface area contributed by atoms with E-state index >= 15 is 0 Å². The number of piperazine rings is 1. The standard InChI is InChI=1S/C22H20N4O2/c27-21(17-13-23-19-7-3-1-5-15(17)19)25-9-11-26(12-10-25)22(28)18-14-24-20-8-4-2-6-16(18)20/h1-8,13-14,23-24H,9-12H2. The van der Waals surface area contributed by atoms with Crippen molar-refractivity contribution < 1.29 is 9.59 Å². The molecule has 0 unspecified atom stereocenters. The van der Waals surface area contributed by atoms with Crippen LogP contribution in [-0.4, -0.2) is 57.8 Å². The van der Waals surface area contributed by atoms with E-state index in [1.807, 2.05) is 58.3 Å². The van der Waals surface area contributed by atoms with Crippen molar-refractivity contribution in [3.8, 4) is 0 Å². The Morgan fingerprint density at radius 3 is 1.46 bits per heavy atom. The third-order valence-corrected chi connectivity index (χ3v) is 5.49. The lowest BCUT2D eigenvalue weighted by Gasteiger charge is -2.34. The number of fused-ring (bicyclic) bond motifs is 2. The van der Waals surface area contributed by atoms with Crippen LogP contribution in [0, 0.1) is 0 Å². The fourth-order valence-electron chi connectivity index (χ4n) is 3.95. The predicted molar refractivity (Wildman–Crippen MR) is 108 cm³/mol. The summed E-state index contributed by atoms with van der Waals surface area (Å²) >= 11 is 0. The van der Waals surface area contributed by atoms with Crippen LogP contribution in [0.15, 0.2) is 60.9 Å². The molecule has 140 valence electrons. The van der Waals surface area contributed by atoms with Crippen LogP contribution in [0.5, 0.6) is 0 Å². The van der Waals surface area contributed by atoms with Crippen molar-refractivity contribution in [2.75, 3.05) is 26.2 Å². The van der Waals surface area contributed by atoms with Gasteiger partial charge in [0.15, 0.2) is 0 Å². The molecule has 5 rings (SSSR count). The first-order valence-corrected chi connectivity index (χ1v) is 9.43. The maximum Gasteiger partial charge on any atom is 0.256 e. The number of aromatic nitrogens is 2. The minimum absolute atomic E-state index is 0.0108. The number of amides is 2. The fraction of sp³-hybridized carbons (Fsp3) is 0.182. The summed E-state index contributed by atoms with van der Waals surface area (Å²) < 4.78 is 0. The van der Waals surface area contributed by atoms with E-state index in [1.54, 1.807) is 12.4 Å². The Bertz CT molecular complexity index is 1090. The van der Waals surface area contributed by atoms with Crippen LogP contribution in [-0.2, 0) is 0 Å². The molecule has 0 aliphatic carbocycles. The zero-order chi connectivity index (χ0) is 19.1. The normalized spacial score (nSPS) is 14.7. The van der Waals surface area contributed by atoms with Gasteiger partial charge in [-0.25, -0.2) is 0 Å². The number of hydrogen-bond donors (Lipinski definition) is 2. The van der Waals surface area contributed by atoms with Crippen molar-refractivity contribution in [2.24, 2.45) is 0 Å². The van der Waals surface area contributed by atoms with E-state index < -0.39 is 0 Å². The lowest BCUT2D eigenvalue weighted by Crippen LogP contribution is -2.50. The van der Waals surface area contributed by atoms with Gasteiger partial charge in [-0.2, -0.15) is 0 Å². The molecular formula is C22H20N4O2. The minimum atomic E-state index is 0.0108. The number of aromatic amines is 2. The first kappa shape index (κ1) is 16.6. The lowest BCUT2D eigenvalue weighted by atomic mass is 10.1. The SMILES string of the molecule is O=C(c1c[nH]c2ccccc12)N1CCN(C(=O)c2c[nH]c3ccccc23)CC1. The van der Waals surface area contributed by atoms with Gasteiger partial charge < -0.3 is 19.8 Å². The molecule has 0 atom stereocenters.